The summed E-state index contributed by atoms with van der Waals surface area (Å²) in [5.74, 6) is 0.371. The molecule has 0 saturated heterocycles. The van der Waals surface area contributed by atoms with Crippen molar-refractivity contribution >= 4 is 17.4 Å². The highest BCUT2D eigenvalue weighted by Gasteiger charge is 2.20. The van der Waals surface area contributed by atoms with E-state index >= 15 is 0 Å². The molecule has 0 radical (unpaired) electrons. The van der Waals surface area contributed by atoms with E-state index in [4.69, 9.17) is 16.3 Å². The van der Waals surface area contributed by atoms with Crippen LogP contribution in [0.4, 0.5) is 0 Å². The third-order valence-corrected chi connectivity index (χ3v) is 3.38. The zero-order chi connectivity index (χ0) is 14.0. The van der Waals surface area contributed by atoms with Gasteiger partial charge in [0.25, 0.3) is 0 Å². The SMILES string of the molecule is CCn1ncc(OC)c1C(=O)c1ccc(Cl)c(C)c1. The van der Waals surface area contributed by atoms with Gasteiger partial charge in [-0.15, -0.1) is 0 Å². The number of halogens is 1. The van der Waals surface area contributed by atoms with Crippen LogP contribution in [-0.4, -0.2) is 22.7 Å². The molecule has 0 fully saturated rings. The fraction of sp³-hybridized carbons (Fsp3) is 0.286. The quantitative estimate of drug-likeness (QED) is 0.807. The average molecular weight is 279 g/mol. The van der Waals surface area contributed by atoms with E-state index in [1.807, 2.05) is 13.8 Å². The number of ether oxygens (including phenoxy) is 1. The van der Waals surface area contributed by atoms with Gasteiger partial charge in [0.2, 0.25) is 5.78 Å². The van der Waals surface area contributed by atoms with E-state index in [-0.39, 0.29) is 5.78 Å². The van der Waals surface area contributed by atoms with Crippen molar-refractivity contribution in [3.63, 3.8) is 0 Å². The van der Waals surface area contributed by atoms with Gasteiger partial charge in [-0.25, -0.2) is 0 Å². The topological polar surface area (TPSA) is 44.1 Å². The molecule has 1 heterocycles. The van der Waals surface area contributed by atoms with Crippen LogP contribution in [0.1, 0.15) is 28.5 Å². The molecule has 0 aliphatic heterocycles. The van der Waals surface area contributed by atoms with Gasteiger partial charge in [-0.05, 0) is 37.6 Å². The molecular weight excluding hydrogens is 264 g/mol. The Morgan fingerprint density at radius 1 is 1.47 bits per heavy atom. The van der Waals surface area contributed by atoms with Crippen LogP contribution in [-0.2, 0) is 6.54 Å². The monoisotopic (exact) mass is 278 g/mol. The third-order valence-electron chi connectivity index (χ3n) is 2.96. The lowest BCUT2D eigenvalue weighted by molar-refractivity contribution is 0.102. The lowest BCUT2D eigenvalue weighted by Crippen LogP contribution is -2.12. The molecule has 0 saturated carbocycles. The van der Waals surface area contributed by atoms with Crippen LogP contribution < -0.4 is 4.74 Å². The fourth-order valence-corrected chi connectivity index (χ4v) is 2.03. The summed E-state index contributed by atoms with van der Waals surface area (Å²) in [4.78, 5) is 12.5. The van der Waals surface area contributed by atoms with Gasteiger partial charge in [-0.2, -0.15) is 5.10 Å². The number of aromatic nitrogens is 2. The molecular formula is C14H15ClN2O2. The first-order valence-corrected chi connectivity index (χ1v) is 6.37. The van der Waals surface area contributed by atoms with Crippen molar-refractivity contribution in [2.45, 2.75) is 20.4 Å². The number of hydrogen-bond donors (Lipinski definition) is 0. The molecule has 5 heteroatoms. The predicted octanol–water partition coefficient (Wildman–Crippen LogP) is 3.10. The minimum Gasteiger partial charge on any atom is -0.493 e. The molecule has 0 aliphatic carbocycles. The number of aryl methyl sites for hydroxylation is 2. The second-order valence-corrected chi connectivity index (χ2v) is 4.58. The Hall–Kier alpha value is -1.81. The molecule has 0 unspecified atom stereocenters. The van der Waals surface area contributed by atoms with Crippen LogP contribution in [0, 0.1) is 6.92 Å². The van der Waals surface area contributed by atoms with Gasteiger partial charge in [0.1, 0.15) is 0 Å². The zero-order valence-corrected chi connectivity index (χ0v) is 11.9. The fourth-order valence-electron chi connectivity index (χ4n) is 1.91. The summed E-state index contributed by atoms with van der Waals surface area (Å²) in [6, 6.07) is 5.21. The van der Waals surface area contributed by atoms with Gasteiger partial charge >= 0.3 is 0 Å². The van der Waals surface area contributed by atoms with E-state index < -0.39 is 0 Å². The average Bonchev–Trinajstić information content (AvgIpc) is 2.83. The first-order chi connectivity index (χ1) is 9.08. The van der Waals surface area contributed by atoms with Crippen molar-refractivity contribution in [1.29, 1.82) is 0 Å². The van der Waals surface area contributed by atoms with Gasteiger partial charge in [0, 0.05) is 17.1 Å². The third kappa shape index (κ3) is 2.49. The van der Waals surface area contributed by atoms with Crippen LogP contribution in [0.3, 0.4) is 0 Å². The molecule has 0 bridgehead atoms. The maximum atomic E-state index is 12.5. The molecule has 100 valence electrons. The molecule has 0 spiro atoms. The van der Waals surface area contributed by atoms with E-state index in [1.165, 1.54) is 7.11 Å². The van der Waals surface area contributed by atoms with E-state index in [0.717, 1.165) is 5.56 Å². The van der Waals surface area contributed by atoms with E-state index in [2.05, 4.69) is 5.10 Å². The van der Waals surface area contributed by atoms with E-state index in [9.17, 15) is 4.79 Å². The molecule has 4 nitrogen and oxygen atoms in total. The zero-order valence-electron chi connectivity index (χ0n) is 11.1. The Morgan fingerprint density at radius 2 is 2.21 bits per heavy atom. The van der Waals surface area contributed by atoms with Gasteiger partial charge in [-0.1, -0.05) is 11.6 Å². The number of carbonyl (C=O) groups is 1. The highest BCUT2D eigenvalue weighted by Crippen LogP contribution is 2.23. The molecule has 0 amide bonds. The second kappa shape index (κ2) is 5.45. The summed E-state index contributed by atoms with van der Waals surface area (Å²) in [7, 11) is 1.53. The molecule has 2 rings (SSSR count). The Bertz CT molecular complexity index is 598. The van der Waals surface area contributed by atoms with Crippen molar-refractivity contribution < 1.29 is 9.53 Å². The minimum atomic E-state index is -0.115. The van der Waals surface area contributed by atoms with Crippen molar-refractivity contribution in [2.24, 2.45) is 0 Å². The lowest BCUT2D eigenvalue weighted by atomic mass is 10.1. The van der Waals surface area contributed by atoms with Crippen molar-refractivity contribution in [3.05, 3.63) is 46.2 Å². The highest BCUT2D eigenvalue weighted by atomic mass is 35.5. The molecule has 0 atom stereocenters. The Balaban J connectivity index is 2.49. The van der Waals surface area contributed by atoms with E-state index in [0.29, 0.717) is 28.6 Å². The summed E-state index contributed by atoms with van der Waals surface area (Å²) < 4.78 is 6.82. The smallest absolute Gasteiger partial charge is 0.214 e. The molecule has 0 N–H and O–H groups in total. The Morgan fingerprint density at radius 3 is 2.79 bits per heavy atom. The van der Waals surface area contributed by atoms with Gasteiger partial charge in [0.15, 0.2) is 11.4 Å². The summed E-state index contributed by atoms with van der Waals surface area (Å²) in [6.07, 6.45) is 1.56. The predicted molar refractivity (Wildman–Crippen MR) is 74.1 cm³/mol. The van der Waals surface area contributed by atoms with Gasteiger partial charge in [0.05, 0.1) is 13.3 Å². The summed E-state index contributed by atoms with van der Waals surface area (Å²) in [5, 5.41) is 4.78. The second-order valence-electron chi connectivity index (χ2n) is 4.17. The Kier molecular flexibility index (Phi) is 3.90. The number of nitrogens with zero attached hydrogens (tertiary/aromatic N) is 2. The van der Waals surface area contributed by atoms with Gasteiger partial charge < -0.3 is 4.74 Å². The number of carbonyl (C=O) groups excluding carboxylic acids is 1. The minimum absolute atomic E-state index is 0.115. The normalized spacial score (nSPS) is 10.5. The molecule has 19 heavy (non-hydrogen) atoms. The number of benzene rings is 1. The van der Waals surface area contributed by atoms with Crippen molar-refractivity contribution in [1.82, 2.24) is 9.78 Å². The first kappa shape index (κ1) is 13.6. The number of methoxy groups -OCH3 is 1. The van der Waals surface area contributed by atoms with E-state index in [1.54, 1.807) is 29.1 Å². The summed E-state index contributed by atoms with van der Waals surface area (Å²) in [5.41, 5.74) is 1.91. The van der Waals surface area contributed by atoms with Crippen LogP contribution >= 0.6 is 11.6 Å². The highest BCUT2D eigenvalue weighted by molar-refractivity contribution is 6.31. The first-order valence-electron chi connectivity index (χ1n) is 5.99. The van der Waals surface area contributed by atoms with Gasteiger partial charge in [-0.3, -0.25) is 9.48 Å². The number of ketones is 1. The summed E-state index contributed by atoms with van der Waals surface area (Å²) in [6.45, 7) is 4.40. The maximum absolute atomic E-state index is 12.5. The van der Waals surface area contributed by atoms with Crippen LogP contribution in [0.25, 0.3) is 0 Å². The number of rotatable bonds is 4. The van der Waals surface area contributed by atoms with Crippen LogP contribution in [0.2, 0.25) is 5.02 Å². The van der Waals surface area contributed by atoms with Crippen LogP contribution in [0.15, 0.2) is 24.4 Å². The number of hydrogen-bond acceptors (Lipinski definition) is 3. The maximum Gasteiger partial charge on any atom is 0.214 e. The largest absolute Gasteiger partial charge is 0.493 e. The molecule has 2 aromatic rings. The molecule has 0 aliphatic rings. The molecule has 1 aromatic heterocycles. The summed E-state index contributed by atoms with van der Waals surface area (Å²) >= 11 is 5.97. The van der Waals surface area contributed by atoms with Crippen molar-refractivity contribution in [3.8, 4) is 5.75 Å². The van der Waals surface area contributed by atoms with Crippen LogP contribution in [0.5, 0.6) is 5.75 Å². The van der Waals surface area contributed by atoms with Crippen molar-refractivity contribution in [2.75, 3.05) is 7.11 Å². The Labute approximate surface area is 116 Å². The standard InChI is InChI=1S/C14H15ClN2O2/c1-4-17-13(12(19-3)8-16-17)14(18)10-5-6-11(15)9(2)7-10/h5-8H,4H2,1-3H3. The molecule has 1 aromatic carbocycles. The lowest BCUT2D eigenvalue weighted by Gasteiger charge is -2.07.